The zero-order chi connectivity index (χ0) is 13.2. The molecule has 0 saturated heterocycles. The minimum atomic E-state index is -0.594. The van der Waals surface area contributed by atoms with Crippen LogP contribution in [-0.2, 0) is 9.63 Å². The first-order valence-corrected chi connectivity index (χ1v) is 5.85. The number of halogens is 1. The van der Waals surface area contributed by atoms with Crippen molar-refractivity contribution in [2.24, 2.45) is 5.16 Å². The molecule has 0 spiro atoms. The third kappa shape index (κ3) is 2.12. The van der Waals surface area contributed by atoms with Crippen LogP contribution in [0.3, 0.4) is 0 Å². The maximum atomic E-state index is 12.9. The zero-order valence-corrected chi connectivity index (χ0v) is 9.92. The molecule has 4 heteroatoms. The van der Waals surface area contributed by atoms with E-state index in [2.05, 4.69) is 5.16 Å². The van der Waals surface area contributed by atoms with Crippen molar-refractivity contribution in [3.05, 3.63) is 71.5 Å². The van der Waals surface area contributed by atoms with Crippen LogP contribution in [0.15, 0.2) is 59.8 Å². The minimum absolute atomic E-state index is 0.340. The molecule has 0 aromatic heterocycles. The largest absolute Gasteiger partial charge is 0.348 e. The summed E-state index contributed by atoms with van der Waals surface area (Å²) in [6, 6.07) is 15.1. The van der Waals surface area contributed by atoms with Crippen LogP contribution in [0.1, 0.15) is 17.0 Å². The number of carbonyl (C=O) groups excluding carboxylic acids is 1. The van der Waals surface area contributed by atoms with Gasteiger partial charge in [0, 0.05) is 5.56 Å². The van der Waals surface area contributed by atoms with Gasteiger partial charge in [0.05, 0.1) is 0 Å². The Morgan fingerprint density at radius 3 is 2.37 bits per heavy atom. The van der Waals surface area contributed by atoms with Gasteiger partial charge in [-0.05, 0) is 17.7 Å². The Balaban J connectivity index is 2.01. The van der Waals surface area contributed by atoms with E-state index < -0.39 is 11.9 Å². The molecular weight excluding hydrogens is 245 g/mol. The van der Waals surface area contributed by atoms with Gasteiger partial charge >= 0.3 is 5.97 Å². The van der Waals surface area contributed by atoms with Crippen LogP contribution in [0, 0.1) is 5.82 Å². The van der Waals surface area contributed by atoms with Gasteiger partial charge in [0.25, 0.3) is 0 Å². The van der Waals surface area contributed by atoms with Crippen LogP contribution in [-0.4, -0.2) is 11.7 Å². The quantitative estimate of drug-likeness (QED) is 0.774. The smallest absolute Gasteiger partial charge is 0.317 e. The average molecular weight is 255 g/mol. The van der Waals surface area contributed by atoms with Gasteiger partial charge in [0.2, 0.25) is 0 Å². The lowest BCUT2D eigenvalue weighted by Crippen LogP contribution is -2.17. The summed E-state index contributed by atoms with van der Waals surface area (Å²) >= 11 is 0. The number of benzene rings is 2. The summed E-state index contributed by atoms with van der Waals surface area (Å²) in [6.45, 7) is 0. The van der Waals surface area contributed by atoms with E-state index in [0.717, 1.165) is 5.56 Å². The van der Waals surface area contributed by atoms with E-state index in [1.807, 2.05) is 30.3 Å². The summed E-state index contributed by atoms with van der Waals surface area (Å²) in [5, 5.41) is 3.84. The molecule has 3 rings (SSSR count). The molecule has 3 nitrogen and oxygen atoms in total. The van der Waals surface area contributed by atoms with Gasteiger partial charge in [-0.15, -0.1) is 0 Å². The second-order valence-corrected chi connectivity index (χ2v) is 4.24. The Hall–Kier alpha value is -2.49. The summed E-state index contributed by atoms with van der Waals surface area (Å²) in [5.74, 6) is -1.37. The molecule has 94 valence electrons. The average Bonchev–Trinajstić information content (AvgIpc) is 2.83. The maximum absolute atomic E-state index is 12.9. The van der Waals surface area contributed by atoms with Crippen molar-refractivity contribution >= 4 is 11.7 Å². The van der Waals surface area contributed by atoms with E-state index in [1.165, 1.54) is 12.1 Å². The van der Waals surface area contributed by atoms with E-state index >= 15 is 0 Å². The van der Waals surface area contributed by atoms with Gasteiger partial charge < -0.3 is 4.84 Å². The monoisotopic (exact) mass is 255 g/mol. The number of rotatable bonds is 2. The molecule has 0 N–H and O–H groups in total. The highest BCUT2D eigenvalue weighted by Gasteiger charge is 2.34. The van der Waals surface area contributed by atoms with Crippen molar-refractivity contribution in [2.45, 2.75) is 5.92 Å². The minimum Gasteiger partial charge on any atom is -0.317 e. The van der Waals surface area contributed by atoms with Crippen LogP contribution in [0.5, 0.6) is 0 Å². The molecule has 1 unspecified atom stereocenters. The molecule has 19 heavy (non-hydrogen) atoms. The number of nitrogens with zero attached hydrogens (tertiary/aromatic N) is 1. The molecular formula is C15H10FNO2. The lowest BCUT2D eigenvalue weighted by Gasteiger charge is -2.09. The first kappa shape index (κ1) is 11.6. The third-order valence-corrected chi connectivity index (χ3v) is 3.02. The van der Waals surface area contributed by atoms with Crippen molar-refractivity contribution in [1.82, 2.24) is 0 Å². The van der Waals surface area contributed by atoms with Crippen molar-refractivity contribution in [3.63, 3.8) is 0 Å². The molecule has 1 atom stereocenters. The fourth-order valence-electron chi connectivity index (χ4n) is 2.09. The Kier molecular flexibility index (Phi) is 2.83. The predicted octanol–water partition coefficient (Wildman–Crippen LogP) is 2.87. The third-order valence-electron chi connectivity index (χ3n) is 3.02. The lowest BCUT2D eigenvalue weighted by atomic mass is 9.90. The Morgan fingerprint density at radius 1 is 1.00 bits per heavy atom. The second kappa shape index (κ2) is 4.65. The van der Waals surface area contributed by atoms with Gasteiger partial charge in [0.15, 0.2) is 0 Å². The Bertz CT molecular complexity index is 635. The molecule has 1 heterocycles. The molecule has 0 amide bonds. The van der Waals surface area contributed by atoms with E-state index in [1.54, 1.807) is 12.1 Å². The van der Waals surface area contributed by atoms with E-state index in [9.17, 15) is 9.18 Å². The highest BCUT2D eigenvalue weighted by atomic mass is 19.1. The first-order chi connectivity index (χ1) is 9.25. The zero-order valence-electron chi connectivity index (χ0n) is 9.92. The second-order valence-electron chi connectivity index (χ2n) is 4.24. The van der Waals surface area contributed by atoms with Crippen LogP contribution in [0.4, 0.5) is 4.39 Å². The molecule has 0 radical (unpaired) electrons. The normalized spacial score (nSPS) is 18.1. The SMILES string of the molecule is O=C1ON=C(c2ccccc2)C1c1ccc(F)cc1. The van der Waals surface area contributed by atoms with Crippen LogP contribution < -0.4 is 0 Å². The number of carbonyl (C=O) groups is 1. The Morgan fingerprint density at radius 2 is 1.68 bits per heavy atom. The highest BCUT2D eigenvalue weighted by molar-refractivity contribution is 6.18. The molecule has 0 bridgehead atoms. The fraction of sp³-hybridized carbons (Fsp3) is 0.0667. The van der Waals surface area contributed by atoms with Gasteiger partial charge in [0.1, 0.15) is 17.4 Å². The van der Waals surface area contributed by atoms with E-state index in [-0.39, 0.29) is 5.82 Å². The highest BCUT2D eigenvalue weighted by Crippen LogP contribution is 2.28. The van der Waals surface area contributed by atoms with E-state index in [0.29, 0.717) is 11.3 Å². The molecule has 1 aliphatic rings. The summed E-state index contributed by atoms with van der Waals surface area (Å²) in [5.41, 5.74) is 2.05. The van der Waals surface area contributed by atoms with Gasteiger partial charge in [-0.1, -0.05) is 47.6 Å². The number of hydrogen-bond donors (Lipinski definition) is 0. The topological polar surface area (TPSA) is 38.7 Å². The van der Waals surface area contributed by atoms with Crippen LogP contribution in [0.2, 0.25) is 0 Å². The van der Waals surface area contributed by atoms with E-state index in [4.69, 9.17) is 4.84 Å². The molecule has 0 aliphatic carbocycles. The summed E-state index contributed by atoms with van der Waals surface area (Å²) in [7, 11) is 0. The predicted molar refractivity (Wildman–Crippen MR) is 68.2 cm³/mol. The van der Waals surface area contributed by atoms with Crippen LogP contribution in [0.25, 0.3) is 0 Å². The van der Waals surface area contributed by atoms with Crippen molar-refractivity contribution in [2.75, 3.05) is 0 Å². The van der Waals surface area contributed by atoms with Crippen molar-refractivity contribution in [1.29, 1.82) is 0 Å². The number of oxime groups is 1. The number of hydrogen-bond acceptors (Lipinski definition) is 3. The molecule has 2 aromatic carbocycles. The lowest BCUT2D eigenvalue weighted by molar-refractivity contribution is -0.141. The van der Waals surface area contributed by atoms with Crippen molar-refractivity contribution in [3.8, 4) is 0 Å². The molecule has 0 fully saturated rings. The van der Waals surface area contributed by atoms with Gasteiger partial charge in [-0.2, -0.15) is 0 Å². The van der Waals surface area contributed by atoms with Gasteiger partial charge in [-0.3, -0.25) is 0 Å². The first-order valence-electron chi connectivity index (χ1n) is 5.85. The molecule has 2 aromatic rings. The Labute approximate surface area is 109 Å². The fourth-order valence-corrected chi connectivity index (χ4v) is 2.09. The maximum Gasteiger partial charge on any atom is 0.348 e. The van der Waals surface area contributed by atoms with Crippen LogP contribution >= 0.6 is 0 Å². The van der Waals surface area contributed by atoms with Gasteiger partial charge in [-0.25, -0.2) is 9.18 Å². The molecule has 0 saturated carbocycles. The summed E-state index contributed by atoms with van der Waals surface area (Å²) in [4.78, 5) is 16.6. The summed E-state index contributed by atoms with van der Waals surface area (Å²) < 4.78 is 12.9. The standard InChI is InChI=1S/C15H10FNO2/c16-12-8-6-10(7-9-12)13-14(17-19-15(13)18)11-4-2-1-3-5-11/h1-9,13H. The summed E-state index contributed by atoms with van der Waals surface area (Å²) in [6.07, 6.45) is 0. The molecule has 1 aliphatic heterocycles. The van der Waals surface area contributed by atoms with Crippen molar-refractivity contribution < 1.29 is 14.0 Å².